The molecule has 2 aromatic carbocycles. The van der Waals surface area contributed by atoms with Crippen LogP contribution in [-0.4, -0.2) is 28.6 Å². The van der Waals surface area contributed by atoms with Gasteiger partial charge in [-0.15, -0.1) is 0 Å². The SMILES string of the molecule is CCCCN(C(=O)COc1ccc(C(C)(C)C)cc1)c1c(N)n(Cc2ccccc2)c(=O)[nH]c1=O. The fourth-order valence-electron chi connectivity index (χ4n) is 3.71. The highest BCUT2D eigenvalue weighted by Gasteiger charge is 2.24. The van der Waals surface area contributed by atoms with Gasteiger partial charge in [-0.25, -0.2) is 4.79 Å². The molecule has 0 spiro atoms. The van der Waals surface area contributed by atoms with Crippen LogP contribution in [0.25, 0.3) is 0 Å². The van der Waals surface area contributed by atoms with E-state index in [9.17, 15) is 14.4 Å². The third kappa shape index (κ3) is 6.41. The molecule has 0 atom stereocenters. The molecule has 0 bridgehead atoms. The Bertz CT molecular complexity index is 1260. The van der Waals surface area contributed by atoms with Crippen LogP contribution in [0.5, 0.6) is 5.75 Å². The molecular weight excluding hydrogens is 444 g/mol. The van der Waals surface area contributed by atoms with Crippen LogP contribution in [0.15, 0.2) is 64.2 Å². The van der Waals surface area contributed by atoms with Gasteiger partial charge in [-0.1, -0.05) is 76.6 Å². The van der Waals surface area contributed by atoms with E-state index < -0.39 is 17.2 Å². The third-order valence-corrected chi connectivity index (χ3v) is 5.79. The van der Waals surface area contributed by atoms with Crippen LogP contribution in [0, 0.1) is 0 Å². The van der Waals surface area contributed by atoms with E-state index in [-0.39, 0.29) is 36.6 Å². The first kappa shape index (κ1) is 25.8. The molecule has 0 saturated heterocycles. The van der Waals surface area contributed by atoms with E-state index in [4.69, 9.17) is 10.5 Å². The van der Waals surface area contributed by atoms with E-state index in [0.29, 0.717) is 12.2 Å². The number of benzene rings is 2. The zero-order valence-corrected chi connectivity index (χ0v) is 20.8. The molecule has 0 aliphatic carbocycles. The van der Waals surface area contributed by atoms with Crippen molar-refractivity contribution in [1.82, 2.24) is 9.55 Å². The first-order valence-electron chi connectivity index (χ1n) is 11.8. The largest absolute Gasteiger partial charge is 0.484 e. The van der Waals surface area contributed by atoms with Gasteiger partial charge in [-0.2, -0.15) is 0 Å². The number of nitrogens with two attached hydrogens (primary N) is 1. The second-order valence-corrected chi connectivity index (χ2v) is 9.53. The smallest absolute Gasteiger partial charge is 0.330 e. The van der Waals surface area contributed by atoms with Crippen molar-refractivity contribution in [3.05, 3.63) is 86.6 Å². The third-order valence-electron chi connectivity index (χ3n) is 5.79. The second kappa shape index (κ2) is 11.1. The van der Waals surface area contributed by atoms with E-state index in [1.807, 2.05) is 61.5 Å². The summed E-state index contributed by atoms with van der Waals surface area (Å²) < 4.78 is 7.00. The van der Waals surface area contributed by atoms with Crippen LogP contribution >= 0.6 is 0 Å². The Labute approximate surface area is 205 Å². The van der Waals surface area contributed by atoms with Crippen molar-refractivity contribution in [3.8, 4) is 5.75 Å². The minimum atomic E-state index is -0.698. The Hall–Kier alpha value is -3.81. The highest BCUT2D eigenvalue weighted by Crippen LogP contribution is 2.24. The number of ether oxygens (including phenoxy) is 1. The fraction of sp³-hybridized carbons (Fsp3) is 0.370. The van der Waals surface area contributed by atoms with Crippen LogP contribution in [0.2, 0.25) is 0 Å². The van der Waals surface area contributed by atoms with Gasteiger partial charge in [-0.3, -0.25) is 19.1 Å². The average Bonchev–Trinajstić information content (AvgIpc) is 2.82. The van der Waals surface area contributed by atoms with E-state index in [0.717, 1.165) is 17.5 Å². The lowest BCUT2D eigenvalue weighted by Crippen LogP contribution is -2.43. The summed E-state index contributed by atoms with van der Waals surface area (Å²) in [5.41, 5.74) is 6.96. The summed E-state index contributed by atoms with van der Waals surface area (Å²) >= 11 is 0. The van der Waals surface area contributed by atoms with Gasteiger partial charge in [0.15, 0.2) is 12.3 Å². The van der Waals surface area contributed by atoms with Gasteiger partial charge in [-0.05, 0) is 35.1 Å². The summed E-state index contributed by atoms with van der Waals surface area (Å²) in [7, 11) is 0. The van der Waals surface area contributed by atoms with Crippen molar-refractivity contribution in [2.45, 2.75) is 52.5 Å². The number of nitrogens with zero attached hydrogens (tertiary/aromatic N) is 2. The zero-order chi connectivity index (χ0) is 25.6. The minimum absolute atomic E-state index is 0.00665. The number of amides is 1. The molecule has 0 saturated carbocycles. The Morgan fingerprint density at radius 3 is 2.31 bits per heavy atom. The highest BCUT2D eigenvalue weighted by molar-refractivity contribution is 5.96. The molecule has 3 aromatic rings. The topological polar surface area (TPSA) is 110 Å². The number of unbranched alkanes of at least 4 members (excludes halogenated alkanes) is 1. The Kier molecular flexibility index (Phi) is 8.17. The molecule has 35 heavy (non-hydrogen) atoms. The summed E-state index contributed by atoms with van der Waals surface area (Å²) in [6, 6.07) is 16.9. The van der Waals surface area contributed by atoms with Gasteiger partial charge in [0, 0.05) is 6.54 Å². The summed E-state index contributed by atoms with van der Waals surface area (Å²) in [4.78, 5) is 42.2. The Morgan fingerprint density at radius 2 is 1.71 bits per heavy atom. The molecule has 0 radical (unpaired) electrons. The van der Waals surface area contributed by atoms with Crippen LogP contribution in [0.1, 0.15) is 51.7 Å². The number of nitrogen functional groups attached to an aromatic ring is 1. The van der Waals surface area contributed by atoms with Gasteiger partial charge in [0.05, 0.1) is 6.54 Å². The quantitative estimate of drug-likeness (QED) is 0.487. The number of H-pyrrole nitrogens is 1. The van der Waals surface area contributed by atoms with Crippen LogP contribution in [0.3, 0.4) is 0 Å². The first-order valence-corrected chi connectivity index (χ1v) is 11.8. The van der Waals surface area contributed by atoms with E-state index in [2.05, 4.69) is 25.8 Å². The number of hydrogen-bond acceptors (Lipinski definition) is 5. The standard InChI is InChI=1S/C27H34N4O4/c1-5-6-16-30(22(32)18-35-21-14-12-20(13-15-21)27(2,3)4)23-24(28)31(26(34)29-25(23)33)17-19-10-8-7-9-11-19/h7-15H,5-6,16-18,28H2,1-4H3,(H,29,33,34). The van der Waals surface area contributed by atoms with Crippen LogP contribution in [-0.2, 0) is 16.8 Å². The van der Waals surface area contributed by atoms with Crippen LogP contribution < -0.4 is 26.6 Å². The average molecular weight is 479 g/mol. The fourth-order valence-corrected chi connectivity index (χ4v) is 3.71. The van der Waals surface area contributed by atoms with Crippen molar-refractivity contribution >= 4 is 17.4 Å². The van der Waals surface area contributed by atoms with Crippen molar-refractivity contribution in [3.63, 3.8) is 0 Å². The van der Waals surface area contributed by atoms with Crippen molar-refractivity contribution in [1.29, 1.82) is 0 Å². The molecular formula is C27H34N4O4. The van der Waals surface area contributed by atoms with Gasteiger partial charge in [0.25, 0.3) is 11.5 Å². The molecule has 0 unspecified atom stereocenters. The lowest BCUT2D eigenvalue weighted by molar-refractivity contribution is -0.120. The van der Waals surface area contributed by atoms with E-state index in [1.54, 1.807) is 0 Å². The predicted octanol–water partition coefficient (Wildman–Crippen LogP) is 3.68. The monoisotopic (exact) mass is 478 g/mol. The molecule has 1 aromatic heterocycles. The van der Waals surface area contributed by atoms with Crippen LogP contribution in [0.4, 0.5) is 11.5 Å². The molecule has 1 heterocycles. The number of aromatic nitrogens is 2. The lowest BCUT2D eigenvalue weighted by Gasteiger charge is -2.24. The van der Waals surface area contributed by atoms with E-state index >= 15 is 0 Å². The second-order valence-electron chi connectivity index (χ2n) is 9.53. The summed E-state index contributed by atoms with van der Waals surface area (Å²) in [5, 5.41) is 0. The molecule has 186 valence electrons. The van der Waals surface area contributed by atoms with Crippen molar-refractivity contribution in [2.24, 2.45) is 0 Å². The molecule has 0 fully saturated rings. The Balaban J connectivity index is 1.88. The summed E-state index contributed by atoms with van der Waals surface area (Å²) in [6.07, 6.45) is 1.46. The van der Waals surface area contributed by atoms with E-state index in [1.165, 1.54) is 9.47 Å². The van der Waals surface area contributed by atoms with Gasteiger partial charge in [0.1, 0.15) is 11.6 Å². The molecule has 0 aliphatic rings. The number of anilines is 2. The zero-order valence-electron chi connectivity index (χ0n) is 20.8. The maximum Gasteiger partial charge on any atom is 0.330 e. The molecule has 8 nitrogen and oxygen atoms in total. The number of aromatic amines is 1. The number of carbonyl (C=O) groups excluding carboxylic acids is 1. The molecule has 3 rings (SSSR count). The van der Waals surface area contributed by atoms with Crippen molar-refractivity contribution < 1.29 is 9.53 Å². The minimum Gasteiger partial charge on any atom is -0.484 e. The van der Waals surface area contributed by atoms with Crippen molar-refractivity contribution in [2.75, 3.05) is 23.8 Å². The van der Waals surface area contributed by atoms with Gasteiger partial charge < -0.3 is 15.4 Å². The first-order chi connectivity index (χ1) is 16.6. The Morgan fingerprint density at radius 1 is 1.06 bits per heavy atom. The number of nitrogens with one attached hydrogen (secondary N) is 1. The highest BCUT2D eigenvalue weighted by atomic mass is 16.5. The summed E-state index contributed by atoms with van der Waals surface area (Å²) in [6.45, 7) is 8.53. The normalized spacial score (nSPS) is 11.3. The maximum absolute atomic E-state index is 13.2. The van der Waals surface area contributed by atoms with Gasteiger partial charge >= 0.3 is 5.69 Å². The molecule has 1 amide bonds. The summed E-state index contributed by atoms with van der Waals surface area (Å²) in [5.74, 6) is 0.0831. The number of carbonyl (C=O) groups is 1. The molecule has 0 aliphatic heterocycles. The lowest BCUT2D eigenvalue weighted by atomic mass is 9.87. The molecule has 8 heteroatoms. The number of rotatable bonds is 9. The number of hydrogen-bond donors (Lipinski definition) is 2. The molecule has 3 N–H and O–H groups in total. The van der Waals surface area contributed by atoms with Gasteiger partial charge in [0.2, 0.25) is 0 Å². The predicted molar refractivity (Wildman–Crippen MR) is 139 cm³/mol. The maximum atomic E-state index is 13.2.